The van der Waals surface area contributed by atoms with E-state index in [9.17, 15) is 8.42 Å². The minimum atomic E-state index is -3.57. The number of thioether (sulfide) groups is 1. The van der Waals surface area contributed by atoms with Gasteiger partial charge in [-0.05, 0) is 37.1 Å². The van der Waals surface area contributed by atoms with Gasteiger partial charge < -0.3 is 4.42 Å². The first-order valence-electron chi connectivity index (χ1n) is 9.34. The van der Waals surface area contributed by atoms with Gasteiger partial charge >= 0.3 is 0 Å². The molecule has 10 heteroatoms. The third-order valence-electron chi connectivity index (χ3n) is 4.67. The second-order valence-electron chi connectivity index (χ2n) is 6.70. The maximum Gasteiger partial charge on any atom is 0.240 e. The van der Waals surface area contributed by atoms with Crippen LogP contribution in [0.15, 0.2) is 74.6 Å². The van der Waals surface area contributed by atoms with Gasteiger partial charge in [-0.15, -0.1) is 10.2 Å². The summed E-state index contributed by atoms with van der Waals surface area (Å²) in [6.07, 6.45) is 8.40. The molecule has 2 aromatic heterocycles. The van der Waals surface area contributed by atoms with Crippen LogP contribution < -0.4 is 4.72 Å². The molecule has 0 spiro atoms. The highest BCUT2D eigenvalue weighted by Gasteiger charge is 2.31. The SMILES string of the molecule is O=S(=O)(N[C@H]1CCCC[C@H]1Sc1nncn1/N=C\c1ccco1)c1ccccc1. The molecule has 3 aromatic rings. The molecule has 152 valence electrons. The molecule has 0 saturated heterocycles. The molecule has 2 atom stereocenters. The van der Waals surface area contributed by atoms with E-state index in [-0.39, 0.29) is 16.2 Å². The number of sulfonamides is 1. The zero-order valence-corrected chi connectivity index (χ0v) is 17.2. The molecule has 0 radical (unpaired) electrons. The van der Waals surface area contributed by atoms with Crippen molar-refractivity contribution in [3.8, 4) is 0 Å². The smallest absolute Gasteiger partial charge is 0.240 e. The average Bonchev–Trinajstić information content (AvgIpc) is 3.40. The first kappa shape index (κ1) is 19.9. The van der Waals surface area contributed by atoms with Gasteiger partial charge in [0.05, 0.1) is 17.4 Å². The Balaban J connectivity index is 1.48. The highest BCUT2D eigenvalue weighted by Crippen LogP contribution is 2.33. The Morgan fingerprint density at radius 3 is 2.79 bits per heavy atom. The normalized spacial score (nSPS) is 20.3. The molecule has 29 heavy (non-hydrogen) atoms. The van der Waals surface area contributed by atoms with E-state index in [1.54, 1.807) is 59.6 Å². The van der Waals surface area contributed by atoms with Crippen molar-refractivity contribution in [1.82, 2.24) is 19.6 Å². The van der Waals surface area contributed by atoms with E-state index in [0.717, 1.165) is 25.7 Å². The van der Waals surface area contributed by atoms with Crippen molar-refractivity contribution in [3.63, 3.8) is 0 Å². The fraction of sp³-hybridized carbons (Fsp3) is 0.316. The Hall–Kier alpha value is -2.43. The molecule has 1 aromatic carbocycles. The van der Waals surface area contributed by atoms with Crippen LogP contribution in [0.3, 0.4) is 0 Å². The quantitative estimate of drug-likeness (QED) is 0.577. The second kappa shape index (κ2) is 8.93. The summed E-state index contributed by atoms with van der Waals surface area (Å²) in [6.45, 7) is 0. The zero-order chi connectivity index (χ0) is 20.1. The van der Waals surface area contributed by atoms with E-state index in [1.807, 2.05) is 0 Å². The van der Waals surface area contributed by atoms with Crippen LogP contribution in [-0.4, -0.2) is 40.8 Å². The first-order chi connectivity index (χ1) is 14.1. The molecule has 1 N–H and O–H groups in total. The Bertz CT molecular complexity index is 1050. The van der Waals surface area contributed by atoms with Gasteiger partial charge in [-0.1, -0.05) is 42.8 Å². The van der Waals surface area contributed by atoms with E-state index in [0.29, 0.717) is 10.9 Å². The van der Waals surface area contributed by atoms with Crippen molar-refractivity contribution in [2.75, 3.05) is 0 Å². The van der Waals surface area contributed by atoms with Crippen LogP contribution in [0.5, 0.6) is 0 Å². The number of hydrogen-bond donors (Lipinski definition) is 1. The lowest BCUT2D eigenvalue weighted by Crippen LogP contribution is -2.43. The predicted octanol–water partition coefficient (Wildman–Crippen LogP) is 3.14. The maximum absolute atomic E-state index is 12.8. The van der Waals surface area contributed by atoms with E-state index < -0.39 is 10.0 Å². The van der Waals surface area contributed by atoms with Gasteiger partial charge in [0, 0.05) is 11.3 Å². The Kier molecular flexibility index (Phi) is 6.12. The van der Waals surface area contributed by atoms with Crippen molar-refractivity contribution >= 4 is 28.0 Å². The van der Waals surface area contributed by atoms with Crippen molar-refractivity contribution in [1.29, 1.82) is 0 Å². The highest BCUT2D eigenvalue weighted by atomic mass is 32.2. The van der Waals surface area contributed by atoms with Crippen molar-refractivity contribution < 1.29 is 12.8 Å². The summed E-state index contributed by atoms with van der Waals surface area (Å²) in [5.41, 5.74) is 0. The summed E-state index contributed by atoms with van der Waals surface area (Å²) < 4.78 is 35.2. The van der Waals surface area contributed by atoms with Crippen LogP contribution in [0.4, 0.5) is 0 Å². The van der Waals surface area contributed by atoms with Crippen LogP contribution in [0.2, 0.25) is 0 Å². The van der Waals surface area contributed by atoms with Crippen molar-refractivity contribution in [2.24, 2.45) is 5.10 Å². The highest BCUT2D eigenvalue weighted by molar-refractivity contribution is 7.99. The maximum atomic E-state index is 12.8. The van der Waals surface area contributed by atoms with E-state index >= 15 is 0 Å². The molecule has 0 aliphatic heterocycles. The summed E-state index contributed by atoms with van der Waals surface area (Å²) in [7, 11) is -3.57. The summed E-state index contributed by atoms with van der Waals surface area (Å²) in [6, 6.07) is 11.9. The molecule has 1 fully saturated rings. The standard InChI is InChI=1S/C19H21N5O3S2/c25-29(26,16-8-2-1-3-9-16)23-17-10-4-5-11-18(17)28-19-22-20-14-24(19)21-13-15-7-6-12-27-15/h1-3,6-9,12-14,17-18,23H,4-5,10-11H2/b21-13-/t17-,18+/m0/s1. The largest absolute Gasteiger partial charge is 0.463 e. The van der Waals surface area contributed by atoms with Crippen LogP contribution in [0.25, 0.3) is 0 Å². The minimum absolute atomic E-state index is 0.0454. The van der Waals surface area contributed by atoms with Crippen molar-refractivity contribution in [3.05, 3.63) is 60.8 Å². The number of benzene rings is 1. The molecular weight excluding hydrogens is 410 g/mol. The third-order valence-corrected chi connectivity index (χ3v) is 7.52. The lowest BCUT2D eigenvalue weighted by Gasteiger charge is -2.31. The molecule has 0 unspecified atom stereocenters. The summed E-state index contributed by atoms with van der Waals surface area (Å²) in [5.74, 6) is 0.626. The number of nitrogens with one attached hydrogen (secondary N) is 1. The summed E-state index contributed by atoms with van der Waals surface area (Å²) in [4.78, 5) is 0.278. The third kappa shape index (κ3) is 4.95. The Labute approximate surface area is 173 Å². The van der Waals surface area contributed by atoms with E-state index in [1.165, 1.54) is 18.1 Å². The van der Waals surface area contributed by atoms with Crippen LogP contribution in [0.1, 0.15) is 31.4 Å². The monoisotopic (exact) mass is 431 g/mol. The molecule has 0 bridgehead atoms. The summed E-state index contributed by atoms with van der Waals surface area (Å²) >= 11 is 1.50. The fourth-order valence-electron chi connectivity index (χ4n) is 3.24. The average molecular weight is 432 g/mol. The Morgan fingerprint density at radius 2 is 2.00 bits per heavy atom. The second-order valence-corrected chi connectivity index (χ2v) is 9.62. The lowest BCUT2D eigenvalue weighted by atomic mass is 9.96. The molecule has 8 nitrogen and oxygen atoms in total. The lowest BCUT2D eigenvalue weighted by molar-refractivity contribution is 0.422. The molecular formula is C19H21N5O3S2. The zero-order valence-electron chi connectivity index (χ0n) is 15.6. The minimum Gasteiger partial charge on any atom is -0.463 e. The number of nitrogens with zero attached hydrogens (tertiary/aromatic N) is 4. The molecule has 0 amide bonds. The molecule has 1 aliphatic rings. The van der Waals surface area contributed by atoms with Gasteiger partial charge in [0.1, 0.15) is 12.1 Å². The van der Waals surface area contributed by atoms with Gasteiger partial charge in [-0.3, -0.25) is 0 Å². The number of aromatic nitrogens is 3. The molecule has 2 heterocycles. The van der Waals surface area contributed by atoms with Crippen LogP contribution in [0, 0.1) is 0 Å². The topological polar surface area (TPSA) is 102 Å². The van der Waals surface area contributed by atoms with E-state index in [2.05, 4.69) is 20.0 Å². The van der Waals surface area contributed by atoms with Crippen LogP contribution in [-0.2, 0) is 10.0 Å². The van der Waals surface area contributed by atoms with Crippen LogP contribution >= 0.6 is 11.8 Å². The van der Waals surface area contributed by atoms with E-state index in [4.69, 9.17) is 4.42 Å². The number of rotatable bonds is 7. The molecule has 4 rings (SSSR count). The van der Waals surface area contributed by atoms with Gasteiger partial charge in [-0.25, -0.2) is 13.1 Å². The molecule has 1 saturated carbocycles. The van der Waals surface area contributed by atoms with Gasteiger partial charge in [0.25, 0.3) is 0 Å². The van der Waals surface area contributed by atoms with Gasteiger partial charge in [0.2, 0.25) is 15.2 Å². The van der Waals surface area contributed by atoms with Crippen molar-refractivity contribution in [2.45, 2.75) is 47.0 Å². The fourth-order valence-corrected chi connectivity index (χ4v) is 5.87. The van der Waals surface area contributed by atoms with Gasteiger partial charge in [0.15, 0.2) is 0 Å². The predicted molar refractivity (Wildman–Crippen MR) is 110 cm³/mol. The number of hydrogen-bond acceptors (Lipinski definition) is 7. The van der Waals surface area contributed by atoms with Gasteiger partial charge in [-0.2, -0.15) is 9.78 Å². The summed E-state index contributed by atoms with van der Waals surface area (Å²) in [5, 5.41) is 13.1. The molecule has 1 aliphatic carbocycles. The number of furan rings is 1. The Morgan fingerprint density at radius 1 is 1.17 bits per heavy atom. The first-order valence-corrected chi connectivity index (χ1v) is 11.7.